The van der Waals surface area contributed by atoms with Gasteiger partial charge in [-0.3, -0.25) is 4.79 Å². The highest BCUT2D eigenvalue weighted by atomic mass is 35.5. The number of allylic oxidation sites excluding steroid dienone is 1. The average molecular weight is 412 g/mol. The molecule has 1 aliphatic heterocycles. The molecule has 1 heterocycles. The van der Waals surface area contributed by atoms with Crippen molar-refractivity contribution in [1.29, 1.82) is 0 Å². The second-order valence-electron chi connectivity index (χ2n) is 6.76. The highest BCUT2D eigenvalue weighted by molar-refractivity contribution is 6.32. The number of ether oxygens (including phenoxy) is 3. The molecular formula is C19H19ClFNO6. The van der Waals surface area contributed by atoms with Crippen LogP contribution in [0, 0.1) is 5.82 Å². The van der Waals surface area contributed by atoms with Crippen LogP contribution in [0.5, 0.6) is 5.75 Å². The molecule has 2 amide bonds. The van der Waals surface area contributed by atoms with E-state index in [2.05, 4.69) is 0 Å². The van der Waals surface area contributed by atoms with Crippen molar-refractivity contribution < 1.29 is 33.0 Å². The smallest absolute Gasteiger partial charge is 0.427 e. The third kappa shape index (κ3) is 4.11. The zero-order valence-electron chi connectivity index (χ0n) is 15.4. The molecule has 7 nitrogen and oxygen atoms in total. The molecule has 0 spiro atoms. The van der Waals surface area contributed by atoms with Crippen LogP contribution >= 0.6 is 11.6 Å². The molecule has 9 heteroatoms. The molecule has 1 saturated heterocycles. The number of esters is 1. The van der Waals surface area contributed by atoms with Gasteiger partial charge in [0.1, 0.15) is 17.7 Å². The van der Waals surface area contributed by atoms with E-state index in [-0.39, 0.29) is 28.3 Å². The molecule has 3 rings (SSSR count). The Morgan fingerprint density at radius 3 is 2.57 bits per heavy atom. The molecular weight excluding hydrogens is 393 g/mol. The number of amides is 2. The number of halogens is 2. The van der Waals surface area contributed by atoms with Crippen molar-refractivity contribution in [2.75, 3.05) is 11.5 Å². The third-order valence-corrected chi connectivity index (χ3v) is 4.71. The Kier molecular flexibility index (Phi) is 5.88. The van der Waals surface area contributed by atoms with Gasteiger partial charge in [0.05, 0.1) is 10.7 Å². The van der Waals surface area contributed by atoms with Crippen molar-refractivity contribution in [3.8, 4) is 5.75 Å². The van der Waals surface area contributed by atoms with Crippen molar-refractivity contribution in [2.24, 2.45) is 0 Å². The molecule has 28 heavy (non-hydrogen) atoms. The van der Waals surface area contributed by atoms with Crippen molar-refractivity contribution >= 4 is 35.3 Å². The second kappa shape index (κ2) is 8.18. The number of cyclic esters (lactones) is 1. The topological polar surface area (TPSA) is 82.1 Å². The van der Waals surface area contributed by atoms with Crippen LogP contribution in [0.15, 0.2) is 23.5 Å². The van der Waals surface area contributed by atoms with E-state index in [1.54, 1.807) is 13.8 Å². The second-order valence-corrected chi connectivity index (χ2v) is 7.16. The highest BCUT2D eigenvalue weighted by Crippen LogP contribution is 2.36. The van der Waals surface area contributed by atoms with Crippen molar-refractivity contribution in [3.05, 3.63) is 34.3 Å². The summed E-state index contributed by atoms with van der Waals surface area (Å²) in [5, 5.41) is -0.114. The molecule has 0 bridgehead atoms. The number of hydrogen-bond donors (Lipinski definition) is 0. The van der Waals surface area contributed by atoms with Crippen LogP contribution in [0.4, 0.5) is 14.9 Å². The molecule has 1 aromatic rings. The lowest BCUT2D eigenvalue weighted by Gasteiger charge is -2.16. The Balaban J connectivity index is 1.77. The van der Waals surface area contributed by atoms with Crippen LogP contribution in [0.3, 0.4) is 0 Å². The summed E-state index contributed by atoms with van der Waals surface area (Å²) in [6.07, 6.45) is 2.51. The molecule has 1 saturated carbocycles. The average Bonchev–Trinajstić information content (AvgIpc) is 3.22. The number of carbonyl (C=O) groups excluding carboxylic acids is 3. The Bertz CT molecular complexity index is 858. The first kappa shape index (κ1) is 20.1. The first-order valence-electron chi connectivity index (χ1n) is 8.83. The van der Waals surface area contributed by atoms with Gasteiger partial charge in [-0.25, -0.2) is 18.9 Å². The summed E-state index contributed by atoms with van der Waals surface area (Å²) >= 11 is 5.97. The molecule has 0 radical (unpaired) electrons. The van der Waals surface area contributed by atoms with Crippen molar-refractivity contribution in [2.45, 2.75) is 45.6 Å². The van der Waals surface area contributed by atoms with Crippen LogP contribution in [0.25, 0.3) is 0 Å². The van der Waals surface area contributed by atoms with Gasteiger partial charge >= 0.3 is 18.0 Å². The normalized spacial score (nSPS) is 17.1. The number of hydrogen-bond acceptors (Lipinski definition) is 6. The van der Waals surface area contributed by atoms with Gasteiger partial charge in [-0.15, -0.1) is 0 Å². The summed E-state index contributed by atoms with van der Waals surface area (Å²) < 4.78 is 29.9. The highest BCUT2D eigenvalue weighted by Gasteiger charge is 2.40. The molecule has 2 aliphatic rings. The van der Waals surface area contributed by atoms with E-state index in [1.165, 1.54) is 0 Å². The number of imide groups is 1. The maximum Gasteiger partial charge on any atom is 0.427 e. The van der Waals surface area contributed by atoms with Crippen LogP contribution < -0.4 is 9.64 Å². The summed E-state index contributed by atoms with van der Waals surface area (Å²) in [7, 11) is 0. The molecule has 0 N–H and O–H groups in total. The lowest BCUT2D eigenvalue weighted by Crippen LogP contribution is -2.29. The molecule has 2 fully saturated rings. The van der Waals surface area contributed by atoms with Crippen LogP contribution in [-0.2, 0) is 19.1 Å². The lowest BCUT2D eigenvalue weighted by atomic mass is 10.2. The number of rotatable bonds is 5. The minimum Gasteiger partial charge on any atom is -0.480 e. The van der Waals surface area contributed by atoms with E-state index < -0.39 is 30.4 Å². The zero-order valence-corrected chi connectivity index (χ0v) is 16.2. The number of benzene rings is 1. The predicted molar refractivity (Wildman–Crippen MR) is 97.6 cm³/mol. The minimum absolute atomic E-state index is 0.0623. The van der Waals surface area contributed by atoms with Crippen LogP contribution in [-0.4, -0.2) is 30.7 Å². The quantitative estimate of drug-likeness (QED) is 0.535. The van der Waals surface area contributed by atoms with Gasteiger partial charge in [-0.2, -0.15) is 0 Å². The van der Waals surface area contributed by atoms with E-state index in [4.69, 9.17) is 25.8 Å². The Morgan fingerprint density at radius 2 is 1.96 bits per heavy atom. The fraction of sp³-hybridized carbons (Fsp3) is 0.421. The number of nitrogens with zero attached hydrogens (tertiary/aromatic N) is 1. The standard InChI is InChI=1S/C19H19ClFNO6/c1-10(2)17-18(24)22(19(25)28-17)14-8-15(12(20)7-13(14)21)26-9-16(23)27-11-5-3-4-6-11/h7-8,11H,3-6,9H2,1-2H3. The molecule has 0 aromatic heterocycles. The van der Waals surface area contributed by atoms with Gasteiger partial charge in [-0.05, 0) is 51.2 Å². The minimum atomic E-state index is -1.03. The van der Waals surface area contributed by atoms with E-state index >= 15 is 0 Å². The fourth-order valence-corrected chi connectivity index (χ4v) is 3.25. The summed E-state index contributed by atoms with van der Waals surface area (Å²) in [6, 6.07) is 1.98. The first-order valence-corrected chi connectivity index (χ1v) is 9.20. The molecule has 150 valence electrons. The Labute approximate surface area is 166 Å². The largest absolute Gasteiger partial charge is 0.480 e. The van der Waals surface area contributed by atoms with Gasteiger partial charge in [0.15, 0.2) is 12.4 Å². The monoisotopic (exact) mass is 411 g/mol. The maximum atomic E-state index is 14.4. The van der Waals surface area contributed by atoms with Gasteiger partial charge in [0.25, 0.3) is 0 Å². The molecule has 1 aromatic carbocycles. The van der Waals surface area contributed by atoms with Gasteiger partial charge in [0.2, 0.25) is 0 Å². The van der Waals surface area contributed by atoms with Gasteiger partial charge in [-0.1, -0.05) is 11.6 Å². The molecule has 0 atom stereocenters. The van der Waals surface area contributed by atoms with Gasteiger partial charge in [0, 0.05) is 6.07 Å². The van der Waals surface area contributed by atoms with E-state index in [0.29, 0.717) is 10.5 Å². The van der Waals surface area contributed by atoms with Gasteiger partial charge < -0.3 is 14.2 Å². The third-order valence-electron chi connectivity index (χ3n) is 4.41. The molecule has 0 unspecified atom stereocenters. The number of anilines is 1. The summed E-state index contributed by atoms with van der Waals surface area (Å²) in [5.41, 5.74) is 0.0937. The van der Waals surface area contributed by atoms with Crippen LogP contribution in [0.2, 0.25) is 5.02 Å². The Hall–Kier alpha value is -2.61. The first-order chi connectivity index (χ1) is 13.3. The maximum absolute atomic E-state index is 14.4. The van der Waals surface area contributed by atoms with Crippen molar-refractivity contribution in [3.63, 3.8) is 0 Å². The summed E-state index contributed by atoms with van der Waals surface area (Å²) in [6.45, 7) is 2.75. The lowest BCUT2D eigenvalue weighted by molar-refractivity contribution is -0.151. The molecule has 1 aliphatic carbocycles. The number of carbonyl (C=O) groups is 3. The van der Waals surface area contributed by atoms with E-state index in [0.717, 1.165) is 37.8 Å². The predicted octanol–water partition coefficient (Wildman–Crippen LogP) is 4.12. The fourth-order valence-electron chi connectivity index (χ4n) is 3.05. The van der Waals surface area contributed by atoms with E-state index in [1.807, 2.05) is 0 Å². The SMILES string of the molecule is CC(C)=C1OC(=O)N(c2cc(OCC(=O)OC3CCCC3)c(Cl)cc2F)C1=O. The summed E-state index contributed by atoms with van der Waals surface area (Å²) in [5.74, 6) is -2.50. The van der Waals surface area contributed by atoms with Crippen molar-refractivity contribution in [1.82, 2.24) is 0 Å². The Morgan fingerprint density at radius 1 is 1.29 bits per heavy atom. The van der Waals surface area contributed by atoms with E-state index in [9.17, 15) is 18.8 Å². The zero-order chi connectivity index (χ0) is 20.4. The van der Waals surface area contributed by atoms with Crippen LogP contribution in [0.1, 0.15) is 39.5 Å². The summed E-state index contributed by atoms with van der Waals surface area (Å²) in [4.78, 5) is 36.9.